The van der Waals surface area contributed by atoms with Crippen molar-refractivity contribution in [3.8, 4) is 5.75 Å². The molecule has 0 saturated carbocycles. The molecule has 3 rings (SSSR count). The maximum atomic E-state index is 13.0. The second-order valence-electron chi connectivity index (χ2n) is 8.65. The van der Waals surface area contributed by atoms with Crippen LogP contribution in [0.2, 0.25) is 0 Å². The van der Waals surface area contributed by atoms with Crippen molar-refractivity contribution in [1.29, 1.82) is 0 Å². The Hall–Kier alpha value is -3.96. The average Bonchev–Trinajstić information content (AvgIpc) is 2.93. The van der Waals surface area contributed by atoms with Crippen LogP contribution in [-0.2, 0) is 35.4 Å². The number of ether oxygens (including phenoxy) is 2. The standard InChI is InChI=1S/C25H32N2O5.C2H2O4/c1-19(21-10-6-5-7-11-21)26-16-14-25(15-17-26,24(29)31-4)27(20(2)28)32-18-22-12-8-9-13-23(22)30-3;3-1(4)2(5)6/h5-13,19H,14-18H2,1-4H3;(H,3,4)(H,5,6). The summed E-state index contributed by atoms with van der Waals surface area (Å²) in [5, 5.41) is 16.0. The fraction of sp³-hybridized carbons (Fsp3) is 0.407. The van der Waals surface area contributed by atoms with Gasteiger partial charge < -0.3 is 19.7 Å². The molecule has 1 aliphatic heterocycles. The zero-order valence-corrected chi connectivity index (χ0v) is 22.0. The predicted molar refractivity (Wildman–Crippen MR) is 136 cm³/mol. The first-order chi connectivity index (χ1) is 18.1. The molecule has 1 aliphatic rings. The molecule has 1 saturated heterocycles. The number of esters is 1. The van der Waals surface area contributed by atoms with E-state index in [1.54, 1.807) is 7.11 Å². The molecule has 0 radical (unpaired) electrons. The molecule has 1 fully saturated rings. The number of amides is 1. The third-order valence-corrected chi connectivity index (χ3v) is 6.42. The van der Waals surface area contributed by atoms with Crippen LogP contribution in [0, 0.1) is 0 Å². The highest BCUT2D eigenvalue weighted by Gasteiger charge is 2.50. The summed E-state index contributed by atoms with van der Waals surface area (Å²) in [6.07, 6.45) is 0.838. The lowest BCUT2D eigenvalue weighted by atomic mass is 9.85. The Labute approximate surface area is 221 Å². The molecular formula is C27H34N2O9. The van der Waals surface area contributed by atoms with E-state index in [1.165, 1.54) is 24.7 Å². The van der Waals surface area contributed by atoms with Crippen LogP contribution in [0.4, 0.5) is 0 Å². The van der Waals surface area contributed by atoms with Gasteiger partial charge >= 0.3 is 17.9 Å². The summed E-state index contributed by atoms with van der Waals surface area (Å²) < 4.78 is 10.5. The van der Waals surface area contributed by atoms with E-state index in [0.717, 1.165) is 5.56 Å². The van der Waals surface area contributed by atoms with Crippen LogP contribution in [0.15, 0.2) is 54.6 Å². The van der Waals surface area contributed by atoms with Gasteiger partial charge in [-0.2, -0.15) is 0 Å². The molecule has 0 spiro atoms. The highest BCUT2D eigenvalue weighted by molar-refractivity contribution is 6.27. The summed E-state index contributed by atoms with van der Waals surface area (Å²) in [6.45, 7) is 4.93. The minimum atomic E-state index is -1.82. The summed E-state index contributed by atoms with van der Waals surface area (Å²) in [6, 6.07) is 17.9. The number of nitrogens with zero attached hydrogens (tertiary/aromatic N) is 2. The third kappa shape index (κ3) is 7.53. The van der Waals surface area contributed by atoms with E-state index in [9.17, 15) is 9.59 Å². The van der Waals surface area contributed by atoms with E-state index in [1.807, 2.05) is 42.5 Å². The Kier molecular flexibility index (Phi) is 11.2. The van der Waals surface area contributed by atoms with Crippen LogP contribution in [0.3, 0.4) is 0 Å². The number of carboxylic acids is 2. The van der Waals surface area contributed by atoms with Crippen molar-refractivity contribution in [2.75, 3.05) is 27.3 Å². The van der Waals surface area contributed by atoms with Crippen LogP contribution in [-0.4, -0.2) is 76.8 Å². The molecule has 11 heteroatoms. The normalized spacial score (nSPS) is 15.3. The van der Waals surface area contributed by atoms with Gasteiger partial charge in [-0.1, -0.05) is 48.5 Å². The number of carbonyl (C=O) groups excluding carboxylic acids is 2. The first-order valence-electron chi connectivity index (χ1n) is 12.0. The Morgan fingerprint density at radius 2 is 1.50 bits per heavy atom. The zero-order valence-electron chi connectivity index (χ0n) is 22.0. The summed E-state index contributed by atoms with van der Waals surface area (Å²) in [7, 11) is 2.93. The summed E-state index contributed by atoms with van der Waals surface area (Å²) in [4.78, 5) is 52.1. The number of hydrogen-bond acceptors (Lipinski definition) is 8. The highest BCUT2D eigenvalue weighted by atomic mass is 16.7. The Bertz CT molecular complexity index is 1090. The van der Waals surface area contributed by atoms with Crippen LogP contribution in [0.25, 0.3) is 0 Å². The maximum Gasteiger partial charge on any atom is 0.414 e. The van der Waals surface area contributed by atoms with Crippen molar-refractivity contribution in [1.82, 2.24) is 9.96 Å². The maximum absolute atomic E-state index is 13.0. The SMILES string of the molecule is COC(=O)C1(N(OCc2ccccc2OC)C(C)=O)CCN(C(C)c2ccccc2)CC1.O=C(O)C(=O)O. The van der Waals surface area contributed by atoms with Crippen LogP contribution >= 0.6 is 0 Å². The number of hydrogen-bond donors (Lipinski definition) is 2. The molecule has 206 valence electrons. The number of hydroxylamine groups is 2. The number of para-hydroxylation sites is 1. The van der Waals surface area contributed by atoms with E-state index >= 15 is 0 Å². The molecule has 2 aromatic carbocycles. The number of methoxy groups -OCH3 is 2. The number of benzene rings is 2. The van der Waals surface area contributed by atoms with Gasteiger partial charge in [-0.3, -0.25) is 14.5 Å². The molecule has 1 amide bonds. The molecule has 2 N–H and O–H groups in total. The van der Waals surface area contributed by atoms with Crippen LogP contribution < -0.4 is 4.74 Å². The summed E-state index contributed by atoms with van der Waals surface area (Å²) >= 11 is 0. The third-order valence-electron chi connectivity index (χ3n) is 6.42. The zero-order chi connectivity index (χ0) is 28.3. The quantitative estimate of drug-likeness (QED) is 0.297. The molecule has 11 nitrogen and oxygen atoms in total. The van der Waals surface area contributed by atoms with E-state index in [4.69, 9.17) is 34.1 Å². The molecule has 1 atom stereocenters. The summed E-state index contributed by atoms with van der Waals surface area (Å²) in [5.41, 5.74) is 0.834. The second kappa shape index (κ2) is 14.1. The first-order valence-corrected chi connectivity index (χ1v) is 12.0. The molecule has 1 heterocycles. The number of likely N-dealkylation sites (tertiary alicyclic amines) is 1. The molecule has 0 aliphatic carbocycles. The topological polar surface area (TPSA) is 143 Å². The minimum absolute atomic E-state index is 0.104. The largest absolute Gasteiger partial charge is 0.496 e. The average molecular weight is 531 g/mol. The van der Waals surface area contributed by atoms with Crippen LogP contribution in [0.5, 0.6) is 5.75 Å². The van der Waals surface area contributed by atoms with Crippen molar-refractivity contribution in [2.24, 2.45) is 0 Å². The summed E-state index contributed by atoms with van der Waals surface area (Å²) in [5.74, 6) is -3.78. The molecule has 2 aromatic rings. The van der Waals surface area contributed by atoms with Crippen molar-refractivity contribution in [2.45, 2.75) is 44.9 Å². The van der Waals surface area contributed by atoms with Gasteiger partial charge in [0.15, 0.2) is 5.54 Å². The van der Waals surface area contributed by atoms with E-state index in [-0.39, 0.29) is 18.6 Å². The van der Waals surface area contributed by atoms with Gasteiger partial charge in [0.05, 0.1) is 14.2 Å². The van der Waals surface area contributed by atoms with Gasteiger partial charge in [0.2, 0.25) is 5.91 Å². The molecule has 1 unspecified atom stereocenters. The van der Waals surface area contributed by atoms with Gasteiger partial charge in [-0.25, -0.2) is 19.4 Å². The highest BCUT2D eigenvalue weighted by Crippen LogP contribution is 2.35. The van der Waals surface area contributed by atoms with Crippen molar-refractivity contribution in [3.05, 3.63) is 65.7 Å². The lowest BCUT2D eigenvalue weighted by Gasteiger charge is -2.46. The van der Waals surface area contributed by atoms with Gasteiger partial charge in [0, 0.05) is 31.6 Å². The van der Waals surface area contributed by atoms with Gasteiger partial charge in [-0.15, -0.1) is 0 Å². The number of rotatable bonds is 8. The van der Waals surface area contributed by atoms with Crippen molar-refractivity contribution < 1.29 is 43.7 Å². The number of aliphatic carboxylic acids is 2. The lowest BCUT2D eigenvalue weighted by Crippen LogP contribution is -2.61. The Morgan fingerprint density at radius 1 is 0.947 bits per heavy atom. The monoisotopic (exact) mass is 530 g/mol. The van der Waals surface area contributed by atoms with Gasteiger partial charge in [0.1, 0.15) is 12.4 Å². The minimum Gasteiger partial charge on any atom is -0.496 e. The Balaban J connectivity index is 0.000000757. The molecule has 0 aromatic heterocycles. The number of carboxylic acid groups (broad SMARTS) is 2. The Morgan fingerprint density at radius 3 is 2.00 bits per heavy atom. The number of piperidine rings is 1. The molecular weight excluding hydrogens is 496 g/mol. The second-order valence-corrected chi connectivity index (χ2v) is 8.65. The van der Waals surface area contributed by atoms with Gasteiger partial charge in [-0.05, 0) is 31.4 Å². The molecule has 38 heavy (non-hydrogen) atoms. The first kappa shape index (κ1) is 30.3. The van der Waals surface area contributed by atoms with Gasteiger partial charge in [0.25, 0.3) is 0 Å². The lowest BCUT2D eigenvalue weighted by molar-refractivity contribution is -0.240. The number of carbonyl (C=O) groups is 4. The fourth-order valence-electron chi connectivity index (χ4n) is 4.38. The smallest absolute Gasteiger partial charge is 0.414 e. The van der Waals surface area contributed by atoms with E-state index in [2.05, 4.69) is 24.0 Å². The van der Waals surface area contributed by atoms with Crippen molar-refractivity contribution >= 4 is 23.8 Å². The predicted octanol–water partition coefficient (Wildman–Crippen LogP) is 2.90. The van der Waals surface area contributed by atoms with E-state index in [0.29, 0.717) is 31.7 Å². The molecule has 0 bridgehead atoms. The van der Waals surface area contributed by atoms with Crippen LogP contribution in [0.1, 0.15) is 43.9 Å². The fourth-order valence-corrected chi connectivity index (χ4v) is 4.38. The van der Waals surface area contributed by atoms with Crippen molar-refractivity contribution in [3.63, 3.8) is 0 Å². The van der Waals surface area contributed by atoms with E-state index < -0.39 is 23.4 Å².